The lowest BCUT2D eigenvalue weighted by Gasteiger charge is -2.28. The maximum absolute atomic E-state index is 4.08. The molecule has 0 aliphatic rings. The van der Waals surface area contributed by atoms with Crippen molar-refractivity contribution in [2.24, 2.45) is 0 Å². The van der Waals surface area contributed by atoms with E-state index in [0.717, 1.165) is 6.54 Å². The molecule has 0 aromatic rings. The van der Waals surface area contributed by atoms with Crippen molar-refractivity contribution in [2.75, 3.05) is 25.0 Å². The topological polar surface area (TPSA) is 12.0 Å². The fraction of sp³-hybridized carbons (Fsp3) is 0.926. The molecule has 1 nitrogen and oxygen atoms in total. The van der Waals surface area contributed by atoms with E-state index in [4.69, 9.17) is 0 Å². The summed E-state index contributed by atoms with van der Waals surface area (Å²) in [6.45, 7) is 12.0. The molecule has 2 heteroatoms. The predicted octanol–water partition coefficient (Wildman–Crippen LogP) is 9.78. The van der Waals surface area contributed by atoms with Crippen LogP contribution in [0, 0.1) is 0 Å². The molecule has 0 atom stereocenters. The third-order valence-corrected chi connectivity index (χ3v) is 10.8. The van der Waals surface area contributed by atoms with E-state index in [1.807, 2.05) is 0 Å². The number of hydrogen-bond donors (Lipinski definition) is 1. The minimum absolute atomic E-state index is 1.00. The summed E-state index contributed by atoms with van der Waals surface area (Å²) in [6.07, 6.45) is 32.2. The van der Waals surface area contributed by atoms with Crippen LogP contribution in [0.3, 0.4) is 0 Å². The lowest BCUT2D eigenvalue weighted by atomic mass is 10.1. The Morgan fingerprint density at radius 1 is 0.517 bits per heavy atom. The monoisotopic (exact) mass is 426 g/mol. The zero-order valence-electron chi connectivity index (χ0n) is 20.8. The number of nitrogens with one attached hydrogen (secondary N) is 1. The fourth-order valence-electron chi connectivity index (χ4n) is 4.42. The summed E-state index contributed by atoms with van der Waals surface area (Å²) in [5.41, 5.74) is 0. The SMILES string of the molecule is C=CCN[P+](CCCCCCCC)(CCCCCCCC)CCCCCCCC. The van der Waals surface area contributed by atoms with Crippen molar-refractivity contribution in [3.63, 3.8) is 0 Å². The first-order valence-corrected chi connectivity index (χ1v) is 15.8. The van der Waals surface area contributed by atoms with Gasteiger partial charge in [0.1, 0.15) is 0 Å². The molecule has 0 aliphatic heterocycles. The normalized spacial score (nSPS) is 11.8. The van der Waals surface area contributed by atoms with Crippen molar-refractivity contribution in [1.82, 2.24) is 5.09 Å². The summed E-state index contributed by atoms with van der Waals surface area (Å²) >= 11 is 0. The second kappa shape index (κ2) is 22.8. The molecular weight excluding hydrogens is 369 g/mol. The summed E-state index contributed by atoms with van der Waals surface area (Å²) in [7, 11) is -1.00. The highest BCUT2D eigenvalue weighted by Gasteiger charge is 2.35. The van der Waals surface area contributed by atoms with Crippen LogP contribution in [-0.4, -0.2) is 25.0 Å². The third-order valence-electron chi connectivity index (χ3n) is 6.39. The smallest absolute Gasteiger partial charge is 0.0803 e. The standard InChI is InChI=1S/C27H57NP/c1-5-9-12-15-18-21-25-29(28-24-8-4,26-22-19-16-13-10-6-2)27-23-20-17-14-11-7-3/h8,28H,4-7,9-27H2,1-3H3/q+1. The van der Waals surface area contributed by atoms with Gasteiger partial charge in [-0.05, 0) is 38.5 Å². The van der Waals surface area contributed by atoms with Crippen LogP contribution in [0.15, 0.2) is 12.7 Å². The van der Waals surface area contributed by atoms with Crippen LogP contribution >= 0.6 is 7.41 Å². The Morgan fingerprint density at radius 3 is 1.14 bits per heavy atom. The molecule has 0 radical (unpaired) electrons. The Hall–Kier alpha value is 0.130. The van der Waals surface area contributed by atoms with Crippen LogP contribution in [0.2, 0.25) is 0 Å². The Bertz CT molecular complexity index is 288. The first-order valence-electron chi connectivity index (χ1n) is 13.5. The van der Waals surface area contributed by atoms with E-state index in [0.29, 0.717) is 0 Å². The summed E-state index contributed by atoms with van der Waals surface area (Å²) < 4.78 is 0. The molecule has 0 aliphatic carbocycles. The largest absolute Gasteiger partial charge is 0.189 e. The van der Waals surface area contributed by atoms with Crippen molar-refractivity contribution >= 4 is 7.41 Å². The Balaban J connectivity index is 4.54. The van der Waals surface area contributed by atoms with Gasteiger partial charge < -0.3 is 0 Å². The zero-order valence-corrected chi connectivity index (χ0v) is 21.7. The molecule has 29 heavy (non-hydrogen) atoms. The Labute approximate surface area is 186 Å². The summed E-state index contributed by atoms with van der Waals surface area (Å²) in [6, 6.07) is 0. The van der Waals surface area contributed by atoms with Crippen LogP contribution in [0.1, 0.15) is 136 Å². The highest BCUT2D eigenvalue weighted by Crippen LogP contribution is 2.57. The fourth-order valence-corrected chi connectivity index (χ4v) is 8.56. The van der Waals surface area contributed by atoms with Gasteiger partial charge in [0.2, 0.25) is 0 Å². The molecule has 0 spiro atoms. The number of unbranched alkanes of at least 4 members (excludes halogenated alkanes) is 15. The van der Waals surface area contributed by atoms with Gasteiger partial charge in [-0.1, -0.05) is 104 Å². The summed E-state index contributed by atoms with van der Waals surface area (Å²) in [5.74, 6) is 0. The van der Waals surface area contributed by atoms with Gasteiger partial charge in [-0.25, -0.2) is 0 Å². The molecule has 0 aromatic heterocycles. The van der Waals surface area contributed by atoms with Crippen LogP contribution < -0.4 is 5.09 Å². The van der Waals surface area contributed by atoms with Gasteiger partial charge >= 0.3 is 0 Å². The van der Waals surface area contributed by atoms with E-state index in [1.165, 1.54) is 134 Å². The van der Waals surface area contributed by atoms with E-state index in [9.17, 15) is 0 Å². The van der Waals surface area contributed by atoms with Crippen molar-refractivity contribution in [1.29, 1.82) is 0 Å². The maximum atomic E-state index is 4.08. The van der Waals surface area contributed by atoms with E-state index < -0.39 is 7.41 Å². The number of hydrogen-bond acceptors (Lipinski definition) is 1. The molecule has 0 heterocycles. The maximum Gasteiger partial charge on any atom is 0.0803 e. The molecule has 0 amide bonds. The minimum Gasteiger partial charge on any atom is -0.189 e. The van der Waals surface area contributed by atoms with Gasteiger partial charge in [0.15, 0.2) is 0 Å². The molecule has 0 fully saturated rings. The minimum atomic E-state index is -1.00. The Kier molecular flexibility index (Phi) is 22.9. The lowest BCUT2D eigenvalue weighted by molar-refractivity contribution is 0.614. The highest BCUT2D eigenvalue weighted by molar-refractivity contribution is 7.74. The van der Waals surface area contributed by atoms with Crippen molar-refractivity contribution in [3.8, 4) is 0 Å². The first-order chi connectivity index (χ1) is 14.2. The summed E-state index contributed by atoms with van der Waals surface area (Å²) in [4.78, 5) is 0. The molecule has 174 valence electrons. The van der Waals surface area contributed by atoms with Gasteiger partial charge in [0, 0.05) is 6.54 Å². The second-order valence-corrected chi connectivity index (χ2v) is 13.2. The average molecular weight is 427 g/mol. The van der Waals surface area contributed by atoms with E-state index in [2.05, 4.69) is 38.5 Å². The zero-order chi connectivity index (χ0) is 21.5. The number of rotatable bonds is 24. The lowest BCUT2D eigenvalue weighted by Crippen LogP contribution is -2.24. The molecule has 0 saturated carbocycles. The quantitative estimate of drug-likeness (QED) is 0.0919. The molecule has 0 saturated heterocycles. The first kappa shape index (κ1) is 29.1. The average Bonchev–Trinajstić information content (AvgIpc) is 2.74. The predicted molar refractivity (Wildman–Crippen MR) is 140 cm³/mol. The van der Waals surface area contributed by atoms with Gasteiger partial charge in [-0.2, -0.15) is 5.09 Å². The van der Waals surface area contributed by atoms with E-state index >= 15 is 0 Å². The van der Waals surface area contributed by atoms with Crippen LogP contribution in [0.4, 0.5) is 0 Å². The van der Waals surface area contributed by atoms with Crippen LogP contribution in [-0.2, 0) is 0 Å². The molecule has 0 aromatic carbocycles. The van der Waals surface area contributed by atoms with Crippen LogP contribution in [0.5, 0.6) is 0 Å². The molecular formula is C27H57NP+. The molecule has 0 rings (SSSR count). The van der Waals surface area contributed by atoms with Crippen LogP contribution in [0.25, 0.3) is 0 Å². The van der Waals surface area contributed by atoms with Gasteiger partial charge in [-0.15, -0.1) is 6.58 Å². The summed E-state index contributed by atoms with van der Waals surface area (Å²) in [5, 5.41) is 4.08. The van der Waals surface area contributed by atoms with E-state index in [1.54, 1.807) is 0 Å². The van der Waals surface area contributed by atoms with Gasteiger partial charge in [0.25, 0.3) is 0 Å². The molecule has 0 bridgehead atoms. The van der Waals surface area contributed by atoms with Crippen molar-refractivity contribution in [3.05, 3.63) is 12.7 Å². The van der Waals surface area contributed by atoms with Crippen molar-refractivity contribution < 1.29 is 0 Å². The Morgan fingerprint density at radius 2 is 0.828 bits per heavy atom. The van der Waals surface area contributed by atoms with Gasteiger partial charge in [0.05, 0.1) is 25.9 Å². The van der Waals surface area contributed by atoms with E-state index in [-0.39, 0.29) is 0 Å². The highest BCUT2D eigenvalue weighted by atomic mass is 31.2. The van der Waals surface area contributed by atoms with Crippen molar-refractivity contribution in [2.45, 2.75) is 136 Å². The van der Waals surface area contributed by atoms with Gasteiger partial charge in [-0.3, -0.25) is 0 Å². The molecule has 1 N–H and O–H groups in total. The third kappa shape index (κ3) is 18.6. The second-order valence-electron chi connectivity index (χ2n) is 9.27. The molecule has 0 unspecified atom stereocenters.